The molecule has 0 bridgehead atoms. The second-order valence-electron chi connectivity index (χ2n) is 5.60. The highest BCUT2D eigenvalue weighted by Crippen LogP contribution is 2.36. The zero-order valence-electron chi connectivity index (χ0n) is 13.0. The number of aromatic hydroxyl groups is 1. The van der Waals surface area contributed by atoms with Gasteiger partial charge in [-0.15, -0.1) is 0 Å². The standard InChI is InChI=1S/C15H21N3O4/c1-10-5-4-6-11(2)17(10)16-9-12-7-13(18(20)21)15(19)14(8-12)22-3/h7-11,19H,4-6H2,1-3H3/b16-9-/t10-,11+. The number of benzene rings is 1. The number of nitro benzene ring substituents is 1. The Kier molecular flexibility index (Phi) is 4.85. The molecule has 1 heterocycles. The predicted octanol–water partition coefficient (Wildman–Crippen LogP) is 2.91. The molecule has 0 spiro atoms. The van der Waals surface area contributed by atoms with Gasteiger partial charge in [0.15, 0.2) is 5.75 Å². The average Bonchev–Trinajstić information content (AvgIpc) is 2.47. The molecule has 7 nitrogen and oxygen atoms in total. The van der Waals surface area contributed by atoms with Crippen LogP contribution in [0.15, 0.2) is 17.2 Å². The fraction of sp³-hybridized carbons (Fsp3) is 0.533. The van der Waals surface area contributed by atoms with Crippen LogP contribution in [0.2, 0.25) is 0 Å². The van der Waals surface area contributed by atoms with Gasteiger partial charge in [-0.3, -0.25) is 15.1 Å². The molecule has 1 aliphatic heterocycles. The number of hydrazone groups is 1. The van der Waals surface area contributed by atoms with E-state index >= 15 is 0 Å². The first-order chi connectivity index (χ1) is 10.4. The van der Waals surface area contributed by atoms with Crippen LogP contribution in [0.4, 0.5) is 5.69 Å². The Hall–Kier alpha value is -2.31. The molecule has 1 fully saturated rings. The van der Waals surface area contributed by atoms with Gasteiger partial charge in [0, 0.05) is 23.7 Å². The lowest BCUT2D eigenvalue weighted by atomic mass is 10.00. The minimum absolute atomic E-state index is 0.0652. The van der Waals surface area contributed by atoms with Crippen molar-refractivity contribution in [1.82, 2.24) is 5.01 Å². The van der Waals surface area contributed by atoms with Gasteiger partial charge in [0.05, 0.1) is 18.2 Å². The second-order valence-corrected chi connectivity index (χ2v) is 5.60. The average molecular weight is 307 g/mol. The maximum absolute atomic E-state index is 11.0. The predicted molar refractivity (Wildman–Crippen MR) is 83.5 cm³/mol. The van der Waals surface area contributed by atoms with Gasteiger partial charge in [0.25, 0.3) is 0 Å². The Bertz CT molecular complexity index is 578. The lowest BCUT2D eigenvalue weighted by molar-refractivity contribution is -0.386. The molecule has 1 aromatic carbocycles. The number of nitro groups is 1. The molecule has 1 aromatic rings. The molecule has 120 valence electrons. The second kappa shape index (κ2) is 6.64. The number of rotatable bonds is 4. The van der Waals surface area contributed by atoms with Crippen molar-refractivity contribution in [3.8, 4) is 11.5 Å². The zero-order valence-corrected chi connectivity index (χ0v) is 13.0. The minimum Gasteiger partial charge on any atom is -0.500 e. The SMILES string of the molecule is COc1cc(/C=N\N2[C@H](C)CCC[C@@H]2C)cc([N+](=O)[O-])c1O. The van der Waals surface area contributed by atoms with Crippen molar-refractivity contribution in [2.75, 3.05) is 7.11 Å². The van der Waals surface area contributed by atoms with Gasteiger partial charge in [-0.1, -0.05) is 0 Å². The maximum atomic E-state index is 11.0. The van der Waals surface area contributed by atoms with E-state index in [0.29, 0.717) is 17.6 Å². The maximum Gasteiger partial charge on any atom is 0.315 e. The van der Waals surface area contributed by atoms with E-state index in [1.165, 1.54) is 25.7 Å². The molecule has 0 radical (unpaired) electrons. The number of piperidine rings is 1. The summed E-state index contributed by atoms with van der Waals surface area (Å²) in [6.07, 6.45) is 4.93. The van der Waals surface area contributed by atoms with Crippen molar-refractivity contribution in [2.45, 2.75) is 45.2 Å². The molecule has 2 rings (SSSR count). The number of hydrogen-bond acceptors (Lipinski definition) is 6. The zero-order chi connectivity index (χ0) is 16.3. The number of hydrogen-bond donors (Lipinski definition) is 1. The van der Waals surface area contributed by atoms with E-state index in [2.05, 4.69) is 18.9 Å². The first kappa shape index (κ1) is 16.1. The summed E-state index contributed by atoms with van der Waals surface area (Å²) >= 11 is 0. The molecule has 22 heavy (non-hydrogen) atoms. The van der Waals surface area contributed by atoms with E-state index in [-0.39, 0.29) is 11.4 Å². The molecule has 1 saturated heterocycles. The highest BCUT2D eigenvalue weighted by atomic mass is 16.6. The van der Waals surface area contributed by atoms with Crippen molar-refractivity contribution in [3.63, 3.8) is 0 Å². The number of ether oxygens (including phenoxy) is 1. The fourth-order valence-electron chi connectivity index (χ4n) is 2.75. The summed E-state index contributed by atoms with van der Waals surface area (Å²) in [7, 11) is 1.36. The molecule has 0 saturated carbocycles. The monoisotopic (exact) mass is 307 g/mol. The summed E-state index contributed by atoms with van der Waals surface area (Å²) in [5.41, 5.74) is 0.131. The van der Waals surface area contributed by atoms with E-state index in [4.69, 9.17) is 4.74 Å². The first-order valence-corrected chi connectivity index (χ1v) is 7.31. The summed E-state index contributed by atoms with van der Waals surface area (Å²) in [4.78, 5) is 10.3. The summed E-state index contributed by atoms with van der Waals surface area (Å²) in [5.74, 6) is -0.403. The van der Waals surface area contributed by atoms with E-state index in [1.54, 1.807) is 6.21 Å². The molecule has 0 unspecified atom stereocenters. The van der Waals surface area contributed by atoms with Crippen molar-refractivity contribution < 1.29 is 14.8 Å². The molecule has 1 aliphatic rings. The van der Waals surface area contributed by atoms with Gasteiger partial charge in [-0.25, -0.2) is 0 Å². The van der Waals surface area contributed by atoms with Gasteiger partial charge >= 0.3 is 5.69 Å². The third kappa shape index (κ3) is 3.29. The normalized spacial score (nSPS) is 22.0. The molecule has 0 amide bonds. The Labute approximate surface area is 129 Å². The van der Waals surface area contributed by atoms with Crippen LogP contribution in [0, 0.1) is 10.1 Å². The smallest absolute Gasteiger partial charge is 0.315 e. The Morgan fingerprint density at radius 3 is 2.59 bits per heavy atom. The summed E-state index contributed by atoms with van der Waals surface area (Å²) in [6.45, 7) is 4.24. The van der Waals surface area contributed by atoms with Gasteiger partial charge in [0.2, 0.25) is 5.75 Å². The minimum atomic E-state index is -0.638. The van der Waals surface area contributed by atoms with Gasteiger partial charge in [-0.05, 0) is 39.2 Å². The summed E-state index contributed by atoms with van der Waals surface area (Å²) in [5, 5.41) is 27.2. The quantitative estimate of drug-likeness (QED) is 0.525. The van der Waals surface area contributed by atoms with Crippen LogP contribution in [0.25, 0.3) is 0 Å². The lowest BCUT2D eigenvalue weighted by Gasteiger charge is -2.36. The Balaban J connectivity index is 2.30. The number of phenolic OH excluding ortho intramolecular Hbond substituents is 1. The third-order valence-corrected chi connectivity index (χ3v) is 3.98. The van der Waals surface area contributed by atoms with Crippen LogP contribution in [0.3, 0.4) is 0 Å². The molecular weight excluding hydrogens is 286 g/mol. The van der Waals surface area contributed by atoms with Crippen LogP contribution in [0.5, 0.6) is 11.5 Å². The highest BCUT2D eigenvalue weighted by molar-refractivity contribution is 5.83. The van der Waals surface area contributed by atoms with E-state index < -0.39 is 10.7 Å². The number of phenols is 1. The van der Waals surface area contributed by atoms with E-state index in [9.17, 15) is 15.2 Å². The molecule has 1 N–H and O–H groups in total. The molecule has 0 aliphatic carbocycles. The van der Waals surface area contributed by atoms with Crippen LogP contribution in [0.1, 0.15) is 38.7 Å². The molecular formula is C15H21N3O4. The molecule has 0 aromatic heterocycles. The summed E-state index contributed by atoms with van der Waals surface area (Å²) < 4.78 is 4.98. The van der Waals surface area contributed by atoms with Crippen molar-refractivity contribution in [1.29, 1.82) is 0 Å². The van der Waals surface area contributed by atoms with Crippen LogP contribution in [-0.2, 0) is 0 Å². The third-order valence-electron chi connectivity index (χ3n) is 3.98. The molecule has 7 heteroatoms. The summed E-state index contributed by atoms with van der Waals surface area (Å²) in [6, 6.07) is 3.51. The first-order valence-electron chi connectivity index (χ1n) is 7.31. The fourth-order valence-corrected chi connectivity index (χ4v) is 2.75. The Morgan fingerprint density at radius 2 is 2.05 bits per heavy atom. The molecule has 2 atom stereocenters. The number of nitrogens with zero attached hydrogens (tertiary/aromatic N) is 3. The van der Waals surface area contributed by atoms with Gasteiger partial charge in [-0.2, -0.15) is 5.10 Å². The largest absolute Gasteiger partial charge is 0.500 e. The van der Waals surface area contributed by atoms with Crippen molar-refractivity contribution in [2.24, 2.45) is 5.10 Å². The van der Waals surface area contributed by atoms with Crippen molar-refractivity contribution in [3.05, 3.63) is 27.8 Å². The topological polar surface area (TPSA) is 88.2 Å². The van der Waals surface area contributed by atoms with Crippen LogP contribution < -0.4 is 4.74 Å². The Morgan fingerprint density at radius 1 is 1.41 bits per heavy atom. The van der Waals surface area contributed by atoms with Gasteiger partial charge < -0.3 is 9.84 Å². The van der Waals surface area contributed by atoms with E-state index in [1.807, 2.05) is 5.01 Å². The van der Waals surface area contributed by atoms with Crippen LogP contribution >= 0.6 is 0 Å². The van der Waals surface area contributed by atoms with Crippen LogP contribution in [-0.4, -0.2) is 40.4 Å². The highest BCUT2D eigenvalue weighted by Gasteiger charge is 2.23. The van der Waals surface area contributed by atoms with Gasteiger partial charge in [0.1, 0.15) is 0 Å². The lowest BCUT2D eigenvalue weighted by Crippen LogP contribution is -2.39. The van der Waals surface area contributed by atoms with Crippen molar-refractivity contribution >= 4 is 11.9 Å². The number of methoxy groups -OCH3 is 1. The van der Waals surface area contributed by atoms with E-state index in [0.717, 1.165) is 12.8 Å².